The van der Waals surface area contributed by atoms with Gasteiger partial charge in [-0.05, 0) is 54.8 Å². The van der Waals surface area contributed by atoms with Gasteiger partial charge in [0.25, 0.3) is 0 Å². The minimum atomic E-state index is -3.98. The van der Waals surface area contributed by atoms with Crippen molar-refractivity contribution in [3.63, 3.8) is 0 Å². The molecule has 158 valence electrons. The standard InChI is InChI=1S/C20H24FNO5S2/c1-13-8-18(27-3)19(9-14(13)2)29(25,26)20-12-28(23,24)11-17(20)22-10-15-4-6-16(21)7-5-15/h4-9,17,20,22H,10-12H2,1-3H3/t17-,20-/m0/s1. The summed E-state index contributed by atoms with van der Waals surface area (Å²) in [5.41, 5.74) is 2.39. The molecule has 3 rings (SSSR count). The van der Waals surface area contributed by atoms with Crippen LogP contribution in [0.3, 0.4) is 0 Å². The van der Waals surface area contributed by atoms with E-state index in [0.717, 1.165) is 16.7 Å². The zero-order valence-electron chi connectivity index (χ0n) is 16.5. The van der Waals surface area contributed by atoms with Gasteiger partial charge in [-0.15, -0.1) is 0 Å². The van der Waals surface area contributed by atoms with E-state index in [0.29, 0.717) is 0 Å². The maximum atomic E-state index is 13.4. The first-order chi connectivity index (χ1) is 13.5. The highest BCUT2D eigenvalue weighted by atomic mass is 32.2. The summed E-state index contributed by atoms with van der Waals surface area (Å²) in [4.78, 5) is -0.00113. The third kappa shape index (κ3) is 4.62. The summed E-state index contributed by atoms with van der Waals surface area (Å²) in [5, 5.41) is 1.91. The molecule has 0 unspecified atom stereocenters. The lowest BCUT2D eigenvalue weighted by molar-refractivity contribution is 0.401. The molecule has 0 aromatic heterocycles. The fraction of sp³-hybridized carbons (Fsp3) is 0.400. The van der Waals surface area contributed by atoms with Gasteiger partial charge in [-0.3, -0.25) is 0 Å². The predicted molar refractivity (Wildman–Crippen MR) is 109 cm³/mol. The summed E-state index contributed by atoms with van der Waals surface area (Å²) in [6.07, 6.45) is 0. The van der Waals surface area contributed by atoms with Crippen LogP contribution in [-0.2, 0) is 26.2 Å². The van der Waals surface area contributed by atoms with Crippen molar-refractivity contribution in [3.05, 3.63) is 58.9 Å². The Balaban J connectivity index is 1.93. The van der Waals surface area contributed by atoms with E-state index in [-0.39, 0.29) is 28.8 Å². The number of rotatable bonds is 6. The topological polar surface area (TPSA) is 89.5 Å². The van der Waals surface area contributed by atoms with Crippen LogP contribution in [0.5, 0.6) is 5.75 Å². The van der Waals surface area contributed by atoms with Gasteiger partial charge in [0, 0.05) is 12.6 Å². The maximum Gasteiger partial charge on any atom is 0.187 e. The number of sulfone groups is 2. The van der Waals surface area contributed by atoms with Crippen molar-refractivity contribution in [2.75, 3.05) is 18.6 Å². The molecule has 1 fully saturated rings. The van der Waals surface area contributed by atoms with Crippen LogP contribution in [0.1, 0.15) is 16.7 Å². The summed E-state index contributed by atoms with van der Waals surface area (Å²) in [6.45, 7) is 3.88. The Morgan fingerprint density at radius 1 is 1.10 bits per heavy atom. The summed E-state index contributed by atoms with van der Waals surface area (Å²) < 4.78 is 69.7. The molecule has 1 heterocycles. The van der Waals surface area contributed by atoms with Crippen LogP contribution in [0.15, 0.2) is 41.3 Å². The van der Waals surface area contributed by atoms with Crippen LogP contribution in [0.4, 0.5) is 4.39 Å². The van der Waals surface area contributed by atoms with Crippen LogP contribution in [-0.4, -0.2) is 46.7 Å². The van der Waals surface area contributed by atoms with Gasteiger partial charge in [0.2, 0.25) is 0 Å². The smallest absolute Gasteiger partial charge is 0.187 e. The van der Waals surface area contributed by atoms with E-state index < -0.39 is 36.7 Å². The number of benzene rings is 2. The Bertz CT molecular complexity index is 1110. The minimum Gasteiger partial charge on any atom is -0.495 e. The molecule has 2 atom stereocenters. The third-order valence-corrected chi connectivity index (χ3v) is 9.44. The number of nitrogens with one attached hydrogen (secondary N) is 1. The van der Waals surface area contributed by atoms with Crippen molar-refractivity contribution in [2.45, 2.75) is 36.6 Å². The second kappa shape index (κ2) is 8.04. The number of hydrogen-bond acceptors (Lipinski definition) is 6. The van der Waals surface area contributed by atoms with Crippen LogP contribution in [0.2, 0.25) is 0 Å². The summed E-state index contributed by atoms with van der Waals surface area (Å²) >= 11 is 0. The van der Waals surface area contributed by atoms with Gasteiger partial charge in [0.05, 0.1) is 23.9 Å². The molecular weight excluding hydrogens is 417 g/mol. The lowest BCUT2D eigenvalue weighted by Gasteiger charge is -2.22. The molecule has 1 N–H and O–H groups in total. The maximum absolute atomic E-state index is 13.4. The van der Waals surface area contributed by atoms with E-state index in [2.05, 4.69) is 5.32 Å². The molecule has 0 saturated carbocycles. The Morgan fingerprint density at radius 3 is 2.34 bits per heavy atom. The zero-order valence-corrected chi connectivity index (χ0v) is 18.1. The Kier molecular flexibility index (Phi) is 6.03. The molecule has 0 amide bonds. The fourth-order valence-corrected chi connectivity index (χ4v) is 8.41. The summed E-state index contributed by atoms with van der Waals surface area (Å²) in [6, 6.07) is 8.15. The molecule has 2 aromatic carbocycles. The average Bonchev–Trinajstić information content (AvgIpc) is 2.98. The van der Waals surface area contributed by atoms with E-state index >= 15 is 0 Å². The van der Waals surface area contributed by atoms with E-state index in [9.17, 15) is 21.2 Å². The second-order valence-corrected chi connectivity index (χ2v) is 11.7. The molecule has 0 bridgehead atoms. The molecule has 1 aliphatic rings. The minimum absolute atomic E-state index is 0.00113. The summed E-state index contributed by atoms with van der Waals surface area (Å²) in [5.74, 6) is -0.897. The third-order valence-electron chi connectivity index (χ3n) is 5.27. The van der Waals surface area contributed by atoms with Gasteiger partial charge in [-0.25, -0.2) is 21.2 Å². The number of halogens is 1. The summed E-state index contributed by atoms with van der Waals surface area (Å²) in [7, 11) is -6.12. The molecule has 9 heteroatoms. The van der Waals surface area contributed by atoms with Crippen molar-refractivity contribution in [1.82, 2.24) is 5.32 Å². The fourth-order valence-electron chi connectivity index (χ4n) is 3.47. The highest BCUT2D eigenvalue weighted by Crippen LogP contribution is 2.33. The lowest BCUT2D eigenvalue weighted by atomic mass is 10.1. The number of methoxy groups -OCH3 is 1. The zero-order chi connectivity index (χ0) is 21.4. The molecule has 0 aliphatic carbocycles. The Hall–Kier alpha value is -1.97. The Labute approximate surface area is 170 Å². The first kappa shape index (κ1) is 21.7. The predicted octanol–water partition coefficient (Wildman–Crippen LogP) is 2.18. The molecule has 0 spiro atoms. The van der Waals surface area contributed by atoms with Crippen LogP contribution < -0.4 is 10.1 Å². The second-order valence-electron chi connectivity index (χ2n) is 7.36. The lowest BCUT2D eigenvalue weighted by Crippen LogP contribution is -2.43. The van der Waals surface area contributed by atoms with Crippen molar-refractivity contribution < 1.29 is 26.0 Å². The van der Waals surface area contributed by atoms with Gasteiger partial charge in [0.15, 0.2) is 19.7 Å². The first-order valence-corrected chi connectivity index (χ1v) is 12.5. The van der Waals surface area contributed by atoms with E-state index in [1.807, 2.05) is 6.92 Å². The highest BCUT2D eigenvalue weighted by Gasteiger charge is 2.46. The molecular formula is C20H24FNO5S2. The highest BCUT2D eigenvalue weighted by molar-refractivity contribution is 7.96. The quantitative estimate of drug-likeness (QED) is 0.739. The number of hydrogen-bond donors (Lipinski definition) is 1. The Morgan fingerprint density at radius 2 is 1.72 bits per heavy atom. The van der Waals surface area contributed by atoms with E-state index in [1.165, 1.54) is 25.3 Å². The van der Waals surface area contributed by atoms with Crippen LogP contribution in [0.25, 0.3) is 0 Å². The molecule has 2 aromatic rings. The van der Waals surface area contributed by atoms with Gasteiger partial charge in [0.1, 0.15) is 16.5 Å². The largest absolute Gasteiger partial charge is 0.495 e. The number of aryl methyl sites for hydroxylation is 2. The van der Waals surface area contributed by atoms with Crippen molar-refractivity contribution in [2.24, 2.45) is 0 Å². The van der Waals surface area contributed by atoms with E-state index in [1.54, 1.807) is 25.1 Å². The molecule has 6 nitrogen and oxygen atoms in total. The molecule has 1 aliphatic heterocycles. The molecule has 1 saturated heterocycles. The molecule has 29 heavy (non-hydrogen) atoms. The SMILES string of the molecule is COc1cc(C)c(C)cc1S(=O)(=O)[C@H]1CS(=O)(=O)C[C@@H]1NCc1ccc(F)cc1. The van der Waals surface area contributed by atoms with Gasteiger partial charge in [-0.2, -0.15) is 0 Å². The first-order valence-electron chi connectivity index (χ1n) is 9.11. The van der Waals surface area contributed by atoms with Crippen LogP contribution in [0, 0.1) is 19.7 Å². The van der Waals surface area contributed by atoms with Crippen molar-refractivity contribution in [1.29, 1.82) is 0 Å². The van der Waals surface area contributed by atoms with Gasteiger partial charge < -0.3 is 10.1 Å². The monoisotopic (exact) mass is 441 g/mol. The average molecular weight is 442 g/mol. The van der Waals surface area contributed by atoms with Gasteiger partial charge in [-0.1, -0.05) is 12.1 Å². The van der Waals surface area contributed by atoms with Crippen molar-refractivity contribution >= 4 is 19.7 Å². The van der Waals surface area contributed by atoms with Gasteiger partial charge >= 0.3 is 0 Å². The molecule has 0 radical (unpaired) electrons. The normalized spacial score (nSPS) is 21.2. The van der Waals surface area contributed by atoms with Crippen molar-refractivity contribution in [3.8, 4) is 5.75 Å². The van der Waals surface area contributed by atoms with Crippen LogP contribution >= 0.6 is 0 Å². The number of ether oxygens (including phenoxy) is 1. The van der Waals surface area contributed by atoms with E-state index in [4.69, 9.17) is 4.74 Å².